The largest absolute Gasteiger partial charge is 0.347 e. The smallest absolute Gasteiger partial charge is 0.0929 e. The fourth-order valence-electron chi connectivity index (χ4n) is 1.86. The summed E-state index contributed by atoms with van der Waals surface area (Å²) in [7, 11) is 2.06. The third-order valence-electron chi connectivity index (χ3n) is 2.70. The third kappa shape index (κ3) is 2.93. The van der Waals surface area contributed by atoms with Crippen molar-refractivity contribution in [2.75, 3.05) is 20.1 Å². The number of aromatic nitrogens is 2. The highest BCUT2D eigenvalue weighted by molar-refractivity contribution is 5.61. The van der Waals surface area contributed by atoms with Crippen LogP contribution in [0.1, 0.15) is 5.69 Å². The van der Waals surface area contributed by atoms with Crippen LogP contribution in [0.2, 0.25) is 0 Å². The minimum atomic E-state index is 0.672. The van der Waals surface area contributed by atoms with Gasteiger partial charge in [-0.1, -0.05) is 30.3 Å². The van der Waals surface area contributed by atoms with Crippen molar-refractivity contribution in [3.8, 4) is 11.3 Å². The molecule has 1 heterocycles. The monoisotopic (exact) mass is 230 g/mol. The van der Waals surface area contributed by atoms with Gasteiger partial charge in [-0.05, 0) is 7.05 Å². The number of likely N-dealkylation sites (N-methyl/N-ethyl adjacent to an activating group) is 1. The van der Waals surface area contributed by atoms with Gasteiger partial charge in [-0.2, -0.15) is 0 Å². The molecule has 17 heavy (non-hydrogen) atoms. The first kappa shape index (κ1) is 11.8. The van der Waals surface area contributed by atoms with Crippen molar-refractivity contribution in [2.45, 2.75) is 6.54 Å². The van der Waals surface area contributed by atoms with Crippen LogP contribution in [0, 0.1) is 0 Å². The molecule has 0 aliphatic heterocycles. The van der Waals surface area contributed by atoms with Gasteiger partial charge in [0, 0.05) is 25.2 Å². The summed E-state index contributed by atoms with van der Waals surface area (Å²) >= 11 is 0. The second-order valence-corrected chi connectivity index (χ2v) is 4.12. The van der Waals surface area contributed by atoms with E-state index in [1.165, 1.54) is 0 Å². The topological polar surface area (TPSA) is 57.9 Å². The Labute approximate surface area is 101 Å². The summed E-state index contributed by atoms with van der Waals surface area (Å²) in [5.41, 5.74) is 8.84. The number of hydrogen-bond donors (Lipinski definition) is 2. The van der Waals surface area contributed by atoms with Gasteiger partial charge in [-0.3, -0.25) is 4.90 Å². The summed E-state index contributed by atoms with van der Waals surface area (Å²) in [4.78, 5) is 9.77. The van der Waals surface area contributed by atoms with Crippen molar-refractivity contribution >= 4 is 0 Å². The summed E-state index contributed by atoms with van der Waals surface area (Å²) in [6.07, 6.45) is 1.74. The van der Waals surface area contributed by atoms with Crippen LogP contribution in [0.3, 0.4) is 0 Å². The Morgan fingerprint density at radius 3 is 2.76 bits per heavy atom. The van der Waals surface area contributed by atoms with Gasteiger partial charge in [0.05, 0.1) is 17.7 Å². The minimum Gasteiger partial charge on any atom is -0.347 e. The van der Waals surface area contributed by atoms with E-state index in [0.29, 0.717) is 6.54 Å². The second-order valence-electron chi connectivity index (χ2n) is 4.12. The zero-order valence-electron chi connectivity index (χ0n) is 10.1. The lowest BCUT2D eigenvalue weighted by Gasteiger charge is -2.15. The van der Waals surface area contributed by atoms with E-state index in [0.717, 1.165) is 30.0 Å². The van der Waals surface area contributed by atoms with Crippen molar-refractivity contribution in [3.63, 3.8) is 0 Å². The van der Waals surface area contributed by atoms with Gasteiger partial charge in [-0.25, -0.2) is 4.98 Å². The lowest BCUT2D eigenvalue weighted by molar-refractivity contribution is 0.333. The Morgan fingerprint density at radius 2 is 2.06 bits per heavy atom. The highest BCUT2D eigenvalue weighted by Gasteiger charge is 2.09. The van der Waals surface area contributed by atoms with E-state index in [2.05, 4.69) is 34.0 Å². The lowest BCUT2D eigenvalue weighted by atomic mass is 10.1. The van der Waals surface area contributed by atoms with Crippen LogP contribution in [0.5, 0.6) is 0 Å². The lowest BCUT2D eigenvalue weighted by Crippen LogP contribution is -2.25. The molecule has 2 aromatic rings. The Hall–Kier alpha value is -1.65. The molecule has 0 spiro atoms. The molecule has 0 bridgehead atoms. The number of nitrogens with one attached hydrogen (secondary N) is 1. The van der Waals surface area contributed by atoms with Gasteiger partial charge < -0.3 is 10.7 Å². The average Bonchev–Trinajstić information content (AvgIpc) is 2.78. The molecule has 0 atom stereocenters. The maximum absolute atomic E-state index is 5.54. The first-order chi connectivity index (χ1) is 8.31. The zero-order valence-corrected chi connectivity index (χ0v) is 10.1. The molecule has 0 saturated heterocycles. The van der Waals surface area contributed by atoms with E-state index in [4.69, 9.17) is 5.73 Å². The SMILES string of the molecule is CN(CCN)Cc1[nH]cnc1-c1ccccc1. The summed E-state index contributed by atoms with van der Waals surface area (Å²) in [6.45, 7) is 2.39. The highest BCUT2D eigenvalue weighted by Crippen LogP contribution is 2.20. The molecule has 0 fully saturated rings. The quantitative estimate of drug-likeness (QED) is 0.817. The molecule has 0 aliphatic rings. The number of nitrogens with zero attached hydrogens (tertiary/aromatic N) is 2. The number of nitrogens with two attached hydrogens (primary N) is 1. The van der Waals surface area contributed by atoms with Crippen molar-refractivity contribution in [1.82, 2.24) is 14.9 Å². The van der Waals surface area contributed by atoms with Gasteiger partial charge in [-0.15, -0.1) is 0 Å². The van der Waals surface area contributed by atoms with Crippen molar-refractivity contribution < 1.29 is 0 Å². The summed E-state index contributed by atoms with van der Waals surface area (Å²) in [5, 5.41) is 0. The molecule has 0 aliphatic carbocycles. The molecule has 0 unspecified atom stereocenters. The number of imidazole rings is 1. The normalized spacial score (nSPS) is 11.0. The highest BCUT2D eigenvalue weighted by atomic mass is 15.1. The van der Waals surface area contributed by atoms with E-state index in [9.17, 15) is 0 Å². The van der Waals surface area contributed by atoms with Gasteiger partial charge in [0.1, 0.15) is 0 Å². The van der Waals surface area contributed by atoms with Crippen molar-refractivity contribution in [1.29, 1.82) is 0 Å². The van der Waals surface area contributed by atoms with Crippen LogP contribution in [0.4, 0.5) is 0 Å². The summed E-state index contributed by atoms with van der Waals surface area (Å²) in [6, 6.07) is 10.2. The van der Waals surface area contributed by atoms with Crippen LogP contribution in [0.15, 0.2) is 36.7 Å². The van der Waals surface area contributed by atoms with E-state index in [1.807, 2.05) is 18.2 Å². The number of hydrogen-bond acceptors (Lipinski definition) is 3. The van der Waals surface area contributed by atoms with Gasteiger partial charge >= 0.3 is 0 Å². The van der Waals surface area contributed by atoms with E-state index in [1.54, 1.807) is 6.33 Å². The predicted octanol–water partition coefficient (Wildman–Crippen LogP) is 1.47. The molecular formula is C13H18N4. The van der Waals surface area contributed by atoms with Crippen LogP contribution < -0.4 is 5.73 Å². The summed E-state index contributed by atoms with van der Waals surface area (Å²) < 4.78 is 0. The predicted molar refractivity (Wildman–Crippen MR) is 69.4 cm³/mol. The summed E-state index contributed by atoms with van der Waals surface area (Å²) in [5.74, 6) is 0. The Kier molecular flexibility index (Phi) is 3.90. The van der Waals surface area contributed by atoms with Gasteiger partial charge in [0.2, 0.25) is 0 Å². The van der Waals surface area contributed by atoms with Crippen molar-refractivity contribution in [2.24, 2.45) is 5.73 Å². The Balaban J connectivity index is 2.18. The molecule has 0 radical (unpaired) electrons. The number of benzene rings is 1. The molecular weight excluding hydrogens is 212 g/mol. The molecule has 1 aromatic carbocycles. The van der Waals surface area contributed by atoms with E-state index in [-0.39, 0.29) is 0 Å². The molecule has 1 aromatic heterocycles. The standard InChI is InChI=1S/C13H18N4/c1-17(8-7-14)9-12-13(16-10-15-12)11-5-3-2-4-6-11/h2-6,10H,7-9,14H2,1H3,(H,15,16). The molecule has 3 N–H and O–H groups in total. The molecule has 2 rings (SSSR count). The first-order valence-electron chi connectivity index (χ1n) is 5.77. The van der Waals surface area contributed by atoms with Crippen molar-refractivity contribution in [3.05, 3.63) is 42.4 Å². The van der Waals surface area contributed by atoms with Crippen LogP contribution in [-0.2, 0) is 6.54 Å². The fourth-order valence-corrected chi connectivity index (χ4v) is 1.86. The first-order valence-corrected chi connectivity index (χ1v) is 5.77. The Morgan fingerprint density at radius 1 is 1.29 bits per heavy atom. The van der Waals surface area contributed by atoms with Gasteiger partial charge in [0.25, 0.3) is 0 Å². The van der Waals surface area contributed by atoms with E-state index < -0.39 is 0 Å². The number of aromatic amines is 1. The van der Waals surface area contributed by atoms with E-state index >= 15 is 0 Å². The molecule has 4 heteroatoms. The van der Waals surface area contributed by atoms with Gasteiger partial charge in [0.15, 0.2) is 0 Å². The Bertz CT molecular complexity index is 449. The van der Waals surface area contributed by atoms with Crippen LogP contribution >= 0.6 is 0 Å². The number of H-pyrrole nitrogens is 1. The number of rotatable bonds is 5. The average molecular weight is 230 g/mol. The van der Waals surface area contributed by atoms with Crippen LogP contribution in [0.25, 0.3) is 11.3 Å². The molecule has 4 nitrogen and oxygen atoms in total. The van der Waals surface area contributed by atoms with Crippen LogP contribution in [-0.4, -0.2) is 35.0 Å². The minimum absolute atomic E-state index is 0.672. The molecule has 90 valence electrons. The zero-order chi connectivity index (χ0) is 12.1. The fraction of sp³-hybridized carbons (Fsp3) is 0.308. The molecule has 0 amide bonds. The molecule has 0 saturated carbocycles. The maximum atomic E-state index is 5.54. The second kappa shape index (κ2) is 5.61. The maximum Gasteiger partial charge on any atom is 0.0929 e. The third-order valence-corrected chi connectivity index (χ3v) is 2.70.